The van der Waals surface area contributed by atoms with Crippen molar-refractivity contribution in [2.45, 2.75) is 18.9 Å². The summed E-state index contributed by atoms with van der Waals surface area (Å²) in [6, 6.07) is 3.18. The molecule has 1 rings (SSSR count). The van der Waals surface area contributed by atoms with E-state index in [9.17, 15) is 0 Å². The molecule has 0 radical (unpaired) electrons. The second-order valence-corrected chi connectivity index (χ2v) is 4.55. The highest BCUT2D eigenvalue weighted by Crippen LogP contribution is 2.33. The minimum Gasteiger partial charge on any atom is -0.330 e. The molecule has 2 nitrogen and oxygen atoms in total. The normalized spacial score (nSPS) is 12.1. The average Bonchev–Trinajstić information content (AvgIpc) is 2.19. The molecular formula is C10H14Cl4N2. The fourth-order valence-corrected chi connectivity index (χ4v) is 2.10. The molecule has 1 aromatic carbocycles. The second-order valence-electron chi connectivity index (χ2n) is 3.33. The SMILES string of the molecule is Cl.NCCC[C@H](N)c1cc(Cl)cc(Cl)c1Cl. The summed E-state index contributed by atoms with van der Waals surface area (Å²) in [5.41, 5.74) is 12.2. The number of rotatable bonds is 4. The Labute approximate surface area is 117 Å². The monoisotopic (exact) mass is 302 g/mol. The second kappa shape index (κ2) is 7.59. The van der Waals surface area contributed by atoms with Crippen molar-refractivity contribution in [3.8, 4) is 0 Å². The van der Waals surface area contributed by atoms with Crippen molar-refractivity contribution in [3.63, 3.8) is 0 Å². The first kappa shape index (κ1) is 16.3. The van der Waals surface area contributed by atoms with Crippen LogP contribution in [0.25, 0.3) is 0 Å². The largest absolute Gasteiger partial charge is 0.330 e. The van der Waals surface area contributed by atoms with E-state index in [-0.39, 0.29) is 18.4 Å². The molecule has 0 amide bonds. The van der Waals surface area contributed by atoms with Crippen LogP contribution in [-0.4, -0.2) is 6.54 Å². The topological polar surface area (TPSA) is 52.0 Å². The standard InChI is InChI=1S/C10H13Cl3N2.ClH/c11-6-4-7(9(15)2-1-3-14)10(13)8(12)5-6;/h4-5,9H,1-3,14-15H2;1H/t9-;/m0./s1. The number of hydrogen-bond donors (Lipinski definition) is 2. The van der Waals surface area contributed by atoms with Gasteiger partial charge in [-0.2, -0.15) is 0 Å². The third-order valence-corrected chi connectivity index (χ3v) is 3.17. The van der Waals surface area contributed by atoms with Crippen LogP contribution in [0.5, 0.6) is 0 Å². The van der Waals surface area contributed by atoms with Crippen molar-refractivity contribution in [2.24, 2.45) is 11.5 Å². The summed E-state index contributed by atoms with van der Waals surface area (Å²) in [7, 11) is 0. The summed E-state index contributed by atoms with van der Waals surface area (Å²) < 4.78 is 0. The molecule has 0 heterocycles. The van der Waals surface area contributed by atoms with E-state index in [0.29, 0.717) is 21.6 Å². The van der Waals surface area contributed by atoms with Crippen molar-refractivity contribution in [3.05, 3.63) is 32.8 Å². The molecule has 1 aromatic rings. The highest BCUT2D eigenvalue weighted by Gasteiger charge is 2.13. The summed E-state index contributed by atoms with van der Waals surface area (Å²) in [4.78, 5) is 0. The van der Waals surface area contributed by atoms with Gasteiger partial charge in [-0.1, -0.05) is 34.8 Å². The van der Waals surface area contributed by atoms with E-state index in [0.717, 1.165) is 18.4 Å². The Balaban J connectivity index is 0.00000225. The number of hydrogen-bond acceptors (Lipinski definition) is 2. The van der Waals surface area contributed by atoms with Gasteiger partial charge in [-0.25, -0.2) is 0 Å². The fraction of sp³-hybridized carbons (Fsp3) is 0.400. The molecular weight excluding hydrogens is 290 g/mol. The molecule has 92 valence electrons. The molecule has 16 heavy (non-hydrogen) atoms. The van der Waals surface area contributed by atoms with Crippen LogP contribution >= 0.6 is 47.2 Å². The zero-order valence-corrected chi connectivity index (χ0v) is 11.6. The summed E-state index contributed by atoms with van der Waals surface area (Å²) >= 11 is 17.8. The van der Waals surface area contributed by atoms with Gasteiger partial charge in [-0.3, -0.25) is 0 Å². The van der Waals surface area contributed by atoms with Gasteiger partial charge in [0.2, 0.25) is 0 Å². The Morgan fingerprint density at radius 1 is 1.19 bits per heavy atom. The fourth-order valence-electron chi connectivity index (χ4n) is 1.34. The lowest BCUT2D eigenvalue weighted by Crippen LogP contribution is -2.13. The molecule has 0 saturated heterocycles. The van der Waals surface area contributed by atoms with E-state index in [1.807, 2.05) is 0 Å². The maximum absolute atomic E-state index is 6.04. The van der Waals surface area contributed by atoms with E-state index in [1.165, 1.54) is 0 Å². The highest BCUT2D eigenvalue weighted by atomic mass is 35.5. The van der Waals surface area contributed by atoms with Crippen molar-refractivity contribution in [2.75, 3.05) is 6.54 Å². The van der Waals surface area contributed by atoms with Crippen LogP contribution in [0.3, 0.4) is 0 Å². The first-order chi connectivity index (χ1) is 7.06. The Morgan fingerprint density at radius 2 is 1.81 bits per heavy atom. The van der Waals surface area contributed by atoms with Gasteiger partial charge in [0.05, 0.1) is 10.0 Å². The van der Waals surface area contributed by atoms with E-state index in [4.69, 9.17) is 46.3 Å². The van der Waals surface area contributed by atoms with Gasteiger partial charge in [0.1, 0.15) is 0 Å². The van der Waals surface area contributed by atoms with Gasteiger partial charge in [-0.05, 0) is 37.1 Å². The summed E-state index contributed by atoms with van der Waals surface area (Å²) in [6.07, 6.45) is 1.62. The number of benzene rings is 1. The molecule has 6 heteroatoms. The molecule has 0 saturated carbocycles. The predicted octanol–water partition coefficient (Wildman–Crippen LogP) is 3.81. The highest BCUT2D eigenvalue weighted by molar-refractivity contribution is 6.43. The molecule has 0 unspecified atom stereocenters. The van der Waals surface area contributed by atoms with Crippen molar-refractivity contribution < 1.29 is 0 Å². The molecule has 0 aliphatic heterocycles. The Morgan fingerprint density at radius 3 is 2.38 bits per heavy atom. The van der Waals surface area contributed by atoms with Crippen LogP contribution in [0.15, 0.2) is 12.1 Å². The van der Waals surface area contributed by atoms with Crippen molar-refractivity contribution in [1.82, 2.24) is 0 Å². The van der Waals surface area contributed by atoms with Gasteiger partial charge in [0.15, 0.2) is 0 Å². The molecule has 1 atom stereocenters. The van der Waals surface area contributed by atoms with Gasteiger partial charge in [0, 0.05) is 11.1 Å². The van der Waals surface area contributed by atoms with Gasteiger partial charge in [0.25, 0.3) is 0 Å². The molecule has 4 N–H and O–H groups in total. The first-order valence-corrected chi connectivity index (χ1v) is 5.79. The van der Waals surface area contributed by atoms with Crippen molar-refractivity contribution >= 4 is 47.2 Å². The zero-order chi connectivity index (χ0) is 11.4. The summed E-state index contributed by atoms with van der Waals surface area (Å²) in [5.74, 6) is 0. The zero-order valence-electron chi connectivity index (χ0n) is 8.55. The summed E-state index contributed by atoms with van der Waals surface area (Å²) in [6.45, 7) is 0.611. The maximum atomic E-state index is 6.04. The number of halogens is 4. The minimum atomic E-state index is -0.169. The molecule has 0 aromatic heterocycles. The van der Waals surface area contributed by atoms with Crippen LogP contribution in [0, 0.1) is 0 Å². The van der Waals surface area contributed by atoms with Crippen LogP contribution in [-0.2, 0) is 0 Å². The van der Waals surface area contributed by atoms with E-state index >= 15 is 0 Å². The first-order valence-electron chi connectivity index (χ1n) is 4.66. The Bertz CT molecular complexity index is 344. The van der Waals surface area contributed by atoms with Crippen LogP contribution in [0.4, 0.5) is 0 Å². The smallest absolute Gasteiger partial charge is 0.0641 e. The van der Waals surface area contributed by atoms with Crippen LogP contribution in [0.1, 0.15) is 24.4 Å². The van der Waals surface area contributed by atoms with Crippen LogP contribution in [0.2, 0.25) is 15.1 Å². The molecule has 0 fully saturated rings. The lowest BCUT2D eigenvalue weighted by molar-refractivity contribution is 0.618. The average molecular weight is 304 g/mol. The third kappa shape index (κ3) is 4.28. The van der Waals surface area contributed by atoms with Gasteiger partial charge in [-0.15, -0.1) is 12.4 Å². The third-order valence-electron chi connectivity index (χ3n) is 2.14. The van der Waals surface area contributed by atoms with E-state index in [1.54, 1.807) is 12.1 Å². The minimum absolute atomic E-state index is 0. The maximum Gasteiger partial charge on any atom is 0.0641 e. The van der Waals surface area contributed by atoms with Gasteiger partial charge < -0.3 is 11.5 Å². The Kier molecular flexibility index (Phi) is 7.73. The van der Waals surface area contributed by atoms with Crippen LogP contribution < -0.4 is 11.5 Å². The van der Waals surface area contributed by atoms with Gasteiger partial charge >= 0.3 is 0 Å². The molecule has 0 aliphatic rings. The molecule has 0 spiro atoms. The Hall–Kier alpha value is 0.300. The lowest BCUT2D eigenvalue weighted by atomic mass is 10.0. The predicted molar refractivity (Wildman–Crippen MR) is 73.9 cm³/mol. The number of nitrogens with two attached hydrogens (primary N) is 2. The van der Waals surface area contributed by atoms with E-state index in [2.05, 4.69) is 0 Å². The van der Waals surface area contributed by atoms with E-state index < -0.39 is 0 Å². The quantitative estimate of drug-likeness (QED) is 0.831. The summed E-state index contributed by atoms with van der Waals surface area (Å²) in [5, 5.41) is 1.45. The molecule has 0 aliphatic carbocycles. The lowest BCUT2D eigenvalue weighted by Gasteiger charge is -2.14. The molecule has 0 bridgehead atoms. The van der Waals surface area contributed by atoms with Crippen molar-refractivity contribution in [1.29, 1.82) is 0 Å².